The largest absolute Gasteiger partial charge is 0.240 e. The summed E-state index contributed by atoms with van der Waals surface area (Å²) >= 11 is 0. The monoisotopic (exact) mass is 189 g/mol. The number of hydrogen-bond acceptors (Lipinski definition) is 2. The Bertz CT molecular complexity index is 400. The Morgan fingerprint density at radius 3 is 2.42 bits per heavy atom. The van der Waals surface area contributed by atoms with Gasteiger partial charge in [-0.1, -0.05) is 6.07 Å². The molecule has 0 unspecified atom stereocenters. The quantitative estimate of drug-likeness (QED) is 0.709. The second-order valence-electron chi connectivity index (χ2n) is 2.48. The molecule has 0 spiro atoms. The van der Waals surface area contributed by atoms with Crippen molar-refractivity contribution >= 4 is 10.0 Å². The molecule has 0 bridgehead atoms. The minimum Gasteiger partial charge on any atom is -0.225 e. The van der Waals surface area contributed by atoms with E-state index < -0.39 is 20.7 Å². The molecule has 5 heteroatoms. The van der Waals surface area contributed by atoms with E-state index in [1.807, 2.05) is 0 Å². The first kappa shape index (κ1) is 9.15. The van der Waals surface area contributed by atoms with Crippen LogP contribution >= 0.6 is 0 Å². The van der Waals surface area contributed by atoms with Crippen LogP contribution in [0.2, 0.25) is 0 Å². The Labute approximate surface area is 70.1 Å². The highest BCUT2D eigenvalue weighted by atomic mass is 32.2. The molecule has 0 atom stereocenters. The molecule has 0 heterocycles. The van der Waals surface area contributed by atoms with Crippen LogP contribution < -0.4 is 5.14 Å². The fraction of sp³-hybridized carbons (Fsp3) is 0.143. The summed E-state index contributed by atoms with van der Waals surface area (Å²) in [6.45, 7) is 1.66. The van der Waals surface area contributed by atoms with Crippen LogP contribution in [0.5, 0.6) is 0 Å². The van der Waals surface area contributed by atoms with Gasteiger partial charge < -0.3 is 0 Å². The van der Waals surface area contributed by atoms with Crippen LogP contribution in [-0.4, -0.2) is 8.42 Å². The van der Waals surface area contributed by atoms with Crippen LogP contribution in [0.25, 0.3) is 0 Å². The van der Waals surface area contributed by atoms with Crippen molar-refractivity contribution in [1.82, 2.24) is 0 Å². The van der Waals surface area contributed by atoms with Crippen molar-refractivity contribution in [3.63, 3.8) is 0 Å². The lowest BCUT2D eigenvalue weighted by Gasteiger charge is -2.00. The highest BCUT2D eigenvalue weighted by Gasteiger charge is 2.13. The van der Waals surface area contributed by atoms with E-state index in [-0.39, 0.29) is 0 Å². The molecule has 0 saturated heterocycles. The highest BCUT2D eigenvalue weighted by Crippen LogP contribution is 2.13. The zero-order chi connectivity index (χ0) is 9.35. The molecule has 1 aromatic carbocycles. The summed E-state index contributed by atoms with van der Waals surface area (Å²) in [7, 11) is -3.93. The van der Waals surface area contributed by atoms with Gasteiger partial charge in [-0.2, -0.15) is 0 Å². The summed E-state index contributed by atoms with van der Waals surface area (Å²) < 4.78 is 34.3. The van der Waals surface area contributed by atoms with Crippen molar-refractivity contribution in [3.05, 3.63) is 29.6 Å². The third kappa shape index (κ3) is 1.80. The molecule has 3 nitrogen and oxygen atoms in total. The minimum atomic E-state index is -3.93. The number of rotatable bonds is 1. The Balaban J connectivity index is 3.43. The maximum absolute atomic E-state index is 12.8. The molecule has 2 N–H and O–H groups in total. The van der Waals surface area contributed by atoms with E-state index in [1.54, 1.807) is 6.92 Å². The topological polar surface area (TPSA) is 60.2 Å². The number of benzene rings is 1. The number of hydrogen-bond donors (Lipinski definition) is 1. The van der Waals surface area contributed by atoms with Crippen LogP contribution in [0.1, 0.15) is 5.56 Å². The lowest BCUT2D eigenvalue weighted by molar-refractivity contribution is 0.567. The van der Waals surface area contributed by atoms with Crippen LogP contribution in [0, 0.1) is 12.7 Å². The van der Waals surface area contributed by atoms with Crippen LogP contribution in [0.4, 0.5) is 4.39 Å². The molecule has 0 aromatic heterocycles. The van der Waals surface area contributed by atoms with Crippen molar-refractivity contribution in [2.24, 2.45) is 5.14 Å². The van der Waals surface area contributed by atoms with E-state index in [1.165, 1.54) is 12.1 Å². The van der Waals surface area contributed by atoms with Crippen LogP contribution in [0.3, 0.4) is 0 Å². The van der Waals surface area contributed by atoms with Crippen molar-refractivity contribution in [1.29, 1.82) is 0 Å². The molecule has 0 aliphatic heterocycles. The molecule has 0 amide bonds. The van der Waals surface area contributed by atoms with Gasteiger partial charge in [0, 0.05) is 0 Å². The van der Waals surface area contributed by atoms with E-state index >= 15 is 0 Å². The third-order valence-corrected chi connectivity index (χ3v) is 2.32. The lowest BCUT2D eigenvalue weighted by Crippen LogP contribution is -2.14. The van der Waals surface area contributed by atoms with Gasteiger partial charge in [0.2, 0.25) is 10.0 Å². The van der Waals surface area contributed by atoms with Crippen molar-refractivity contribution in [2.75, 3.05) is 0 Å². The molecule has 12 heavy (non-hydrogen) atoms. The Hall–Kier alpha value is -0.940. The first-order valence-electron chi connectivity index (χ1n) is 3.20. The highest BCUT2D eigenvalue weighted by molar-refractivity contribution is 7.89. The minimum absolute atomic E-state index is 0.456. The smallest absolute Gasteiger partial charge is 0.225 e. The molecule has 0 aliphatic carbocycles. The fourth-order valence-corrected chi connectivity index (χ4v) is 1.52. The third-order valence-electron chi connectivity index (χ3n) is 1.39. The summed E-state index contributed by atoms with van der Waals surface area (Å²) in [6.07, 6.45) is 0. The molecule has 0 radical (unpaired) electrons. The number of aryl methyl sites for hydroxylation is 1. The zero-order valence-electron chi connectivity index (χ0n) is 6.41. The second kappa shape index (κ2) is 2.84. The van der Waals surface area contributed by atoms with E-state index in [9.17, 15) is 12.8 Å². The number of nitrogens with two attached hydrogens (primary N) is 1. The molecular formula is C7H8FNO2S. The van der Waals surface area contributed by atoms with Crippen LogP contribution in [0.15, 0.2) is 23.1 Å². The lowest BCUT2D eigenvalue weighted by atomic mass is 10.2. The Morgan fingerprint density at radius 2 is 2.00 bits per heavy atom. The zero-order valence-corrected chi connectivity index (χ0v) is 7.23. The van der Waals surface area contributed by atoms with E-state index in [0.717, 1.165) is 6.07 Å². The first-order chi connectivity index (χ1) is 5.41. The summed E-state index contributed by atoms with van der Waals surface area (Å²) in [5.74, 6) is -0.817. The average molecular weight is 189 g/mol. The van der Waals surface area contributed by atoms with Crippen LogP contribution in [-0.2, 0) is 10.0 Å². The number of halogens is 1. The van der Waals surface area contributed by atoms with E-state index in [0.29, 0.717) is 5.56 Å². The van der Waals surface area contributed by atoms with Gasteiger partial charge in [0.15, 0.2) is 0 Å². The first-order valence-corrected chi connectivity index (χ1v) is 4.75. The Morgan fingerprint density at radius 1 is 1.42 bits per heavy atom. The summed E-state index contributed by atoms with van der Waals surface area (Å²) in [5.41, 5.74) is 0.653. The van der Waals surface area contributed by atoms with Gasteiger partial charge in [-0.15, -0.1) is 0 Å². The van der Waals surface area contributed by atoms with Crippen molar-refractivity contribution in [3.8, 4) is 0 Å². The summed E-state index contributed by atoms with van der Waals surface area (Å²) in [6, 6.07) is 3.75. The molecule has 66 valence electrons. The normalized spacial score (nSPS) is 11.6. The molecule has 0 aliphatic rings. The molecule has 0 saturated carbocycles. The Kier molecular flexibility index (Phi) is 2.16. The van der Waals surface area contributed by atoms with Gasteiger partial charge in [0.05, 0.1) is 0 Å². The second-order valence-corrected chi connectivity index (χ2v) is 4.01. The predicted octanol–water partition coefficient (Wildman–Crippen LogP) is 0.782. The predicted molar refractivity (Wildman–Crippen MR) is 42.5 cm³/mol. The van der Waals surface area contributed by atoms with E-state index in [2.05, 4.69) is 0 Å². The summed E-state index contributed by atoms with van der Waals surface area (Å²) in [5, 5.41) is 4.76. The van der Waals surface area contributed by atoms with Gasteiger partial charge in [-0.3, -0.25) is 0 Å². The van der Waals surface area contributed by atoms with Gasteiger partial charge in [-0.25, -0.2) is 17.9 Å². The number of sulfonamides is 1. The number of primary sulfonamides is 1. The van der Waals surface area contributed by atoms with Gasteiger partial charge >= 0.3 is 0 Å². The molecular weight excluding hydrogens is 181 g/mol. The van der Waals surface area contributed by atoms with Gasteiger partial charge in [0.1, 0.15) is 10.7 Å². The molecule has 0 fully saturated rings. The van der Waals surface area contributed by atoms with Crippen molar-refractivity contribution in [2.45, 2.75) is 11.8 Å². The molecule has 1 aromatic rings. The summed E-state index contributed by atoms with van der Waals surface area (Å²) in [4.78, 5) is -0.456. The van der Waals surface area contributed by atoms with Crippen molar-refractivity contribution < 1.29 is 12.8 Å². The maximum Gasteiger partial charge on any atom is 0.240 e. The maximum atomic E-state index is 12.8. The SMILES string of the molecule is Cc1ccc(F)c(S(N)(=O)=O)c1. The van der Waals surface area contributed by atoms with E-state index in [4.69, 9.17) is 5.14 Å². The fourth-order valence-electron chi connectivity index (χ4n) is 0.829. The van der Waals surface area contributed by atoms with Gasteiger partial charge in [-0.05, 0) is 24.6 Å². The molecule has 1 rings (SSSR count). The van der Waals surface area contributed by atoms with Gasteiger partial charge in [0.25, 0.3) is 0 Å². The standard InChI is InChI=1S/C7H8FNO2S/c1-5-2-3-6(8)7(4-5)12(9,10)11/h2-4H,1H3,(H2,9,10,11). The average Bonchev–Trinajstić information content (AvgIpc) is 1.92.